The smallest absolute Gasteiger partial charge is 0.0402 e. The van der Waals surface area contributed by atoms with E-state index in [1.165, 1.54) is 24.2 Å². The van der Waals surface area contributed by atoms with Crippen molar-refractivity contribution in [1.82, 2.24) is 5.32 Å². The van der Waals surface area contributed by atoms with Crippen LogP contribution < -0.4 is 10.2 Å². The molecule has 0 spiro atoms. The van der Waals surface area contributed by atoms with Crippen LogP contribution in [0, 0.1) is 5.92 Å². The Labute approximate surface area is 111 Å². The fraction of sp³-hybridized carbons (Fsp3) is 0.625. The molecule has 1 aromatic rings. The minimum absolute atomic E-state index is 0.575. The molecule has 1 N–H and O–H groups in total. The number of fused-ring (bicyclic) bond motifs is 1. The Bertz CT molecular complexity index is 386. The van der Waals surface area contributed by atoms with Gasteiger partial charge in [0.2, 0.25) is 0 Å². The molecule has 1 aliphatic heterocycles. The first-order valence-corrected chi connectivity index (χ1v) is 7.17. The third-order valence-corrected chi connectivity index (χ3v) is 4.09. The summed E-state index contributed by atoms with van der Waals surface area (Å²) >= 11 is 0. The number of para-hydroxylation sites is 1. The average molecular weight is 246 g/mol. The molecule has 2 unspecified atom stereocenters. The van der Waals surface area contributed by atoms with Crippen LogP contribution in [0.25, 0.3) is 0 Å². The summed E-state index contributed by atoms with van der Waals surface area (Å²) < 4.78 is 0. The first kappa shape index (κ1) is 13.4. The van der Waals surface area contributed by atoms with Crippen LogP contribution in [0.1, 0.15) is 33.3 Å². The third kappa shape index (κ3) is 2.86. The van der Waals surface area contributed by atoms with Crippen LogP contribution in [-0.4, -0.2) is 25.2 Å². The average Bonchev–Trinajstić information content (AvgIpc) is 2.78. The Morgan fingerprint density at radius 2 is 1.89 bits per heavy atom. The van der Waals surface area contributed by atoms with Gasteiger partial charge in [0, 0.05) is 24.3 Å². The van der Waals surface area contributed by atoms with Crippen molar-refractivity contribution >= 4 is 5.69 Å². The van der Waals surface area contributed by atoms with Crippen molar-refractivity contribution in [1.29, 1.82) is 0 Å². The van der Waals surface area contributed by atoms with E-state index in [-0.39, 0.29) is 0 Å². The summed E-state index contributed by atoms with van der Waals surface area (Å²) in [5, 5.41) is 3.55. The van der Waals surface area contributed by atoms with E-state index in [4.69, 9.17) is 0 Å². The molecule has 18 heavy (non-hydrogen) atoms. The number of rotatable bonds is 5. The molecule has 0 saturated carbocycles. The van der Waals surface area contributed by atoms with Crippen LogP contribution in [0.4, 0.5) is 5.69 Å². The van der Waals surface area contributed by atoms with Crippen LogP contribution >= 0.6 is 0 Å². The predicted octanol–water partition coefficient (Wildman–Crippen LogP) is 3.07. The largest absolute Gasteiger partial charge is 0.368 e. The maximum absolute atomic E-state index is 3.55. The van der Waals surface area contributed by atoms with Crippen molar-refractivity contribution in [3.05, 3.63) is 29.8 Å². The summed E-state index contributed by atoms with van der Waals surface area (Å²) in [5.74, 6) is 0.665. The standard InChI is InChI=1S/C16H26N2/c1-12(2)17-11-13(3)14(4)18-10-9-15-7-5-6-8-16(15)18/h5-8,12-14,17H,9-11H2,1-4H3. The lowest BCUT2D eigenvalue weighted by Crippen LogP contribution is -2.41. The Kier molecular flexibility index (Phi) is 4.28. The highest BCUT2D eigenvalue weighted by atomic mass is 15.2. The van der Waals surface area contributed by atoms with Crippen molar-refractivity contribution in [3.8, 4) is 0 Å². The molecular formula is C16H26N2. The van der Waals surface area contributed by atoms with Gasteiger partial charge in [-0.1, -0.05) is 39.0 Å². The van der Waals surface area contributed by atoms with Crippen LogP contribution in [0.2, 0.25) is 0 Å². The highest BCUT2D eigenvalue weighted by Gasteiger charge is 2.26. The zero-order valence-electron chi connectivity index (χ0n) is 12.1. The molecule has 100 valence electrons. The van der Waals surface area contributed by atoms with Gasteiger partial charge in [0.1, 0.15) is 0 Å². The van der Waals surface area contributed by atoms with Crippen LogP contribution in [0.15, 0.2) is 24.3 Å². The van der Waals surface area contributed by atoms with Crippen molar-refractivity contribution < 1.29 is 0 Å². The summed E-state index contributed by atoms with van der Waals surface area (Å²) in [5.41, 5.74) is 2.95. The molecule has 0 aromatic heterocycles. The van der Waals surface area contributed by atoms with E-state index in [0.717, 1.165) is 6.54 Å². The summed E-state index contributed by atoms with van der Waals surface area (Å²) in [7, 11) is 0. The molecule has 0 radical (unpaired) electrons. The van der Waals surface area contributed by atoms with Crippen LogP contribution in [0.3, 0.4) is 0 Å². The van der Waals surface area contributed by atoms with Gasteiger partial charge in [-0.25, -0.2) is 0 Å². The molecular weight excluding hydrogens is 220 g/mol. The molecule has 1 aliphatic rings. The zero-order chi connectivity index (χ0) is 13.1. The SMILES string of the molecule is CC(C)NCC(C)C(C)N1CCc2ccccc21. The number of hydrogen-bond donors (Lipinski definition) is 1. The molecule has 0 amide bonds. The number of hydrogen-bond acceptors (Lipinski definition) is 2. The van der Waals surface area contributed by atoms with Gasteiger partial charge in [-0.05, 0) is 37.4 Å². The fourth-order valence-electron chi connectivity index (χ4n) is 2.69. The lowest BCUT2D eigenvalue weighted by Gasteiger charge is -2.32. The second-order valence-corrected chi connectivity index (χ2v) is 5.85. The molecule has 1 aromatic carbocycles. The van der Waals surface area contributed by atoms with E-state index in [2.05, 4.69) is 62.2 Å². The van der Waals surface area contributed by atoms with E-state index in [9.17, 15) is 0 Å². The van der Waals surface area contributed by atoms with Crippen molar-refractivity contribution in [2.75, 3.05) is 18.0 Å². The second kappa shape index (κ2) is 5.75. The van der Waals surface area contributed by atoms with Gasteiger partial charge in [-0.2, -0.15) is 0 Å². The monoisotopic (exact) mass is 246 g/mol. The summed E-state index contributed by atoms with van der Waals surface area (Å²) in [6, 6.07) is 10.0. The predicted molar refractivity (Wildman–Crippen MR) is 79.3 cm³/mol. The van der Waals surface area contributed by atoms with E-state index in [0.29, 0.717) is 18.0 Å². The van der Waals surface area contributed by atoms with Gasteiger partial charge in [-0.3, -0.25) is 0 Å². The number of benzene rings is 1. The Morgan fingerprint density at radius 1 is 1.17 bits per heavy atom. The minimum Gasteiger partial charge on any atom is -0.368 e. The van der Waals surface area contributed by atoms with Gasteiger partial charge >= 0.3 is 0 Å². The van der Waals surface area contributed by atoms with E-state index >= 15 is 0 Å². The summed E-state index contributed by atoms with van der Waals surface area (Å²) in [6.07, 6.45) is 1.20. The molecule has 2 heteroatoms. The number of nitrogens with zero attached hydrogens (tertiary/aromatic N) is 1. The van der Waals surface area contributed by atoms with Gasteiger partial charge in [0.15, 0.2) is 0 Å². The highest BCUT2D eigenvalue weighted by molar-refractivity contribution is 5.58. The lowest BCUT2D eigenvalue weighted by atomic mass is 10.0. The minimum atomic E-state index is 0.575. The van der Waals surface area contributed by atoms with Crippen LogP contribution in [0.5, 0.6) is 0 Å². The topological polar surface area (TPSA) is 15.3 Å². The van der Waals surface area contributed by atoms with Crippen LogP contribution in [-0.2, 0) is 6.42 Å². The molecule has 2 atom stereocenters. The molecule has 0 saturated heterocycles. The lowest BCUT2D eigenvalue weighted by molar-refractivity contribution is 0.409. The highest BCUT2D eigenvalue weighted by Crippen LogP contribution is 2.30. The first-order valence-electron chi connectivity index (χ1n) is 7.17. The molecule has 0 fully saturated rings. The molecule has 2 nitrogen and oxygen atoms in total. The van der Waals surface area contributed by atoms with Gasteiger partial charge in [0.05, 0.1) is 0 Å². The Hall–Kier alpha value is -1.02. The molecule has 1 heterocycles. The third-order valence-electron chi connectivity index (χ3n) is 4.09. The quantitative estimate of drug-likeness (QED) is 0.859. The van der Waals surface area contributed by atoms with Gasteiger partial charge < -0.3 is 10.2 Å². The van der Waals surface area contributed by atoms with Gasteiger partial charge in [0.25, 0.3) is 0 Å². The summed E-state index contributed by atoms with van der Waals surface area (Å²) in [6.45, 7) is 11.4. The molecule has 0 aliphatic carbocycles. The second-order valence-electron chi connectivity index (χ2n) is 5.85. The van der Waals surface area contributed by atoms with E-state index in [1.807, 2.05) is 0 Å². The van der Waals surface area contributed by atoms with E-state index in [1.54, 1.807) is 0 Å². The maximum atomic E-state index is 3.55. The number of nitrogens with one attached hydrogen (secondary N) is 1. The van der Waals surface area contributed by atoms with Crippen molar-refractivity contribution in [3.63, 3.8) is 0 Å². The van der Waals surface area contributed by atoms with Crippen molar-refractivity contribution in [2.24, 2.45) is 5.92 Å². The Balaban J connectivity index is 2.00. The van der Waals surface area contributed by atoms with Gasteiger partial charge in [-0.15, -0.1) is 0 Å². The number of anilines is 1. The molecule has 2 rings (SSSR count). The van der Waals surface area contributed by atoms with E-state index < -0.39 is 0 Å². The zero-order valence-corrected chi connectivity index (χ0v) is 12.1. The van der Waals surface area contributed by atoms with Crippen molar-refractivity contribution in [2.45, 2.75) is 46.2 Å². The summed E-state index contributed by atoms with van der Waals surface area (Å²) in [4.78, 5) is 2.57. The normalized spacial score (nSPS) is 17.9. The first-order chi connectivity index (χ1) is 8.59. The Morgan fingerprint density at radius 3 is 2.61 bits per heavy atom. The maximum Gasteiger partial charge on any atom is 0.0402 e. The molecule has 0 bridgehead atoms. The fourth-order valence-corrected chi connectivity index (χ4v) is 2.69.